The van der Waals surface area contributed by atoms with Crippen LogP contribution in [-0.4, -0.2) is 36.9 Å². The number of aryl methyl sites for hydroxylation is 1. The minimum absolute atomic E-state index is 0.149. The average molecular weight is 275 g/mol. The molecule has 0 unspecified atom stereocenters. The molecule has 0 atom stereocenters. The van der Waals surface area contributed by atoms with Crippen LogP contribution >= 0.6 is 0 Å². The smallest absolute Gasteiger partial charge is 0.180 e. The van der Waals surface area contributed by atoms with Crippen molar-refractivity contribution >= 4 is 5.78 Å². The first kappa shape index (κ1) is 15.0. The van der Waals surface area contributed by atoms with Crippen LogP contribution in [0.15, 0.2) is 18.2 Å². The lowest BCUT2D eigenvalue weighted by atomic mass is 10.1. The minimum Gasteiger partial charge on any atom is -0.496 e. The van der Waals surface area contributed by atoms with Crippen molar-refractivity contribution in [2.75, 3.05) is 20.2 Å². The molecular weight excluding hydrogens is 250 g/mol. The molecule has 1 aromatic carbocycles. The van der Waals surface area contributed by atoms with Crippen molar-refractivity contribution < 1.29 is 9.53 Å². The van der Waals surface area contributed by atoms with Crippen molar-refractivity contribution in [1.29, 1.82) is 0 Å². The molecule has 1 aliphatic rings. The van der Waals surface area contributed by atoms with Gasteiger partial charge >= 0.3 is 0 Å². The highest BCUT2D eigenvalue weighted by atomic mass is 16.5. The van der Waals surface area contributed by atoms with E-state index >= 15 is 0 Å². The zero-order chi connectivity index (χ0) is 14.7. The zero-order valence-corrected chi connectivity index (χ0v) is 13.0. The molecule has 0 heterocycles. The third kappa shape index (κ3) is 3.83. The summed E-state index contributed by atoms with van der Waals surface area (Å²) in [5, 5.41) is 0. The number of carbonyl (C=O) groups excluding carboxylic acids is 1. The molecule has 1 aromatic rings. The second-order valence-corrected chi connectivity index (χ2v) is 6.09. The van der Waals surface area contributed by atoms with Gasteiger partial charge in [-0.25, -0.2) is 0 Å². The van der Waals surface area contributed by atoms with Gasteiger partial charge in [-0.2, -0.15) is 0 Å². The van der Waals surface area contributed by atoms with E-state index in [1.165, 1.54) is 12.8 Å². The van der Waals surface area contributed by atoms with E-state index in [1.54, 1.807) is 7.11 Å². The van der Waals surface area contributed by atoms with Gasteiger partial charge in [0.05, 0.1) is 19.2 Å². The number of ketones is 1. The molecule has 1 saturated carbocycles. The number of ether oxygens (including phenoxy) is 1. The van der Waals surface area contributed by atoms with Crippen molar-refractivity contribution in [3.05, 3.63) is 29.3 Å². The number of hydrogen-bond acceptors (Lipinski definition) is 3. The van der Waals surface area contributed by atoms with Gasteiger partial charge in [-0.05, 0) is 57.2 Å². The normalized spacial score (nSPS) is 14.9. The Balaban J connectivity index is 2.09. The van der Waals surface area contributed by atoms with Crippen molar-refractivity contribution in [3.8, 4) is 5.75 Å². The molecule has 0 bridgehead atoms. The van der Waals surface area contributed by atoms with Gasteiger partial charge in [-0.3, -0.25) is 9.69 Å². The first-order chi connectivity index (χ1) is 9.51. The summed E-state index contributed by atoms with van der Waals surface area (Å²) >= 11 is 0. The summed E-state index contributed by atoms with van der Waals surface area (Å²) in [6.07, 6.45) is 2.62. The lowest BCUT2D eigenvalue weighted by Gasteiger charge is -2.26. The number of methoxy groups -OCH3 is 1. The molecule has 0 aliphatic heterocycles. The first-order valence-electron chi connectivity index (χ1n) is 7.43. The highest BCUT2D eigenvalue weighted by Gasteiger charge is 2.27. The minimum atomic E-state index is 0.149. The third-order valence-electron chi connectivity index (χ3n) is 3.92. The summed E-state index contributed by atoms with van der Waals surface area (Å²) in [5.41, 5.74) is 1.80. The van der Waals surface area contributed by atoms with Crippen molar-refractivity contribution in [3.63, 3.8) is 0 Å². The Labute approximate surface area is 121 Å². The molecule has 0 spiro atoms. The number of nitrogens with zero attached hydrogens (tertiary/aromatic N) is 1. The highest BCUT2D eigenvalue weighted by molar-refractivity contribution is 6.00. The fraction of sp³-hybridized carbons (Fsp3) is 0.588. The molecule has 0 amide bonds. The van der Waals surface area contributed by atoms with Crippen LogP contribution in [-0.2, 0) is 0 Å². The fourth-order valence-electron chi connectivity index (χ4n) is 2.39. The Bertz CT molecular complexity index is 478. The summed E-state index contributed by atoms with van der Waals surface area (Å²) in [5.74, 6) is 1.63. The third-order valence-corrected chi connectivity index (χ3v) is 3.92. The van der Waals surface area contributed by atoms with Crippen LogP contribution in [0.1, 0.15) is 42.6 Å². The first-order valence-corrected chi connectivity index (χ1v) is 7.43. The standard InChI is InChI=1S/C17H25NO2/c1-12(2)18(10-14-6-7-14)11-16(19)15-8-5-13(3)9-17(15)20-4/h5,8-9,12,14H,6-7,10-11H2,1-4H3. The highest BCUT2D eigenvalue weighted by Crippen LogP contribution is 2.30. The maximum absolute atomic E-state index is 12.5. The number of rotatable bonds is 7. The van der Waals surface area contributed by atoms with Gasteiger partial charge in [-0.1, -0.05) is 6.07 Å². The molecular formula is C17H25NO2. The van der Waals surface area contributed by atoms with Crippen LogP contribution in [0.5, 0.6) is 5.75 Å². The summed E-state index contributed by atoms with van der Waals surface area (Å²) in [6, 6.07) is 6.17. The molecule has 0 radical (unpaired) electrons. The lowest BCUT2D eigenvalue weighted by molar-refractivity contribution is 0.0898. The SMILES string of the molecule is COc1cc(C)ccc1C(=O)CN(CC1CC1)C(C)C. The number of hydrogen-bond donors (Lipinski definition) is 0. The topological polar surface area (TPSA) is 29.5 Å². The van der Waals surface area contributed by atoms with E-state index in [1.807, 2.05) is 25.1 Å². The predicted molar refractivity (Wildman–Crippen MR) is 81.5 cm³/mol. The fourth-order valence-corrected chi connectivity index (χ4v) is 2.39. The summed E-state index contributed by atoms with van der Waals surface area (Å²) in [4.78, 5) is 14.8. The van der Waals surface area contributed by atoms with Gasteiger partial charge in [-0.15, -0.1) is 0 Å². The quantitative estimate of drug-likeness (QED) is 0.715. The molecule has 0 aromatic heterocycles. The van der Waals surface area contributed by atoms with Crippen LogP contribution in [0.25, 0.3) is 0 Å². The number of carbonyl (C=O) groups is 1. The Morgan fingerprint density at radius 1 is 1.40 bits per heavy atom. The van der Waals surface area contributed by atoms with Gasteiger partial charge in [0.2, 0.25) is 0 Å². The van der Waals surface area contributed by atoms with Gasteiger partial charge in [0.1, 0.15) is 5.75 Å². The van der Waals surface area contributed by atoms with E-state index in [0.717, 1.165) is 18.0 Å². The van der Waals surface area contributed by atoms with Crippen LogP contribution in [0.4, 0.5) is 0 Å². The van der Waals surface area contributed by atoms with Crippen LogP contribution < -0.4 is 4.74 Å². The molecule has 0 saturated heterocycles. The molecule has 0 N–H and O–H groups in total. The average Bonchev–Trinajstić information content (AvgIpc) is 3.21. The van der Waals surface area contributed by atoms with Crippen molar-refractivity contribution in [2.24, 2.45) is 5.92 Å². The summed E-state index contributed by atoms with van der Waals surface area (Å²) < 4.78 is 5.34. The molecule has 3 nitrogen and oxygen atoms in total. The molecule has 20 heavy (non-hydrogen) atoms. The second kappa shape index (κ2) is 6.40. The predicted octanol–water partition coefficient (Wildman–Crippen LogP) is 3.31. The molecule has 2 rings (SSSR count). The van der Waals surface area contributed by atoms with E-state index in [-0.39, 0.29) is 5.78 Å². The van der Waals surface area contributed by atoms with Gasteiger partial charge in [0.25, 0.3) is 0 Å². The molecule has 3 heteroatoms. The molecule has 1 aliphatic carbocycles. The van der Waals surface area contributed by atoms with E-state index in [4.69, 9.17) is 4.74 Å². The Morgan fingerprint density at radius 3 is 2.65 bits per heavy atom. The second-order valence-electron chi connectivity index (χ2n) is 6.09. The van der Waals surface area contributed by atoms with Crippen LogP contribution in [0.2, 0.25) is 0 Å². The molecule has 110 valence electrons. The largest absolute Gasteiger partial charge is 0.496 e. The maximum Gasteiger partial charge on any atom is 0.180 e. The Hall–Kier alpha value is -1.35. The van der Waals surface area contributed by atoms with E-state index in [9.17, 15) is 4.79 Å². The van der Waals surface area contributed by atoms with Crippen molar-refractivity contribution in [2.45, 2.75) is 39.7 Å². The maximum atomic E-state index is 12.5. The van der Waals surface area contributed by atoms with Crippen molar-refractivity contribution in [1.82, 2.24) is 4.90 Å². The number of benzene rings is 1. The summed E-state index contributed by atoms with van der Waals surface area (Å²) in [7, 11) is 1.62. The van der Waals surface area contributed by atoms with E-state index in [2.05, 4.69) is 18.7 Å². The van der Waals surface area contributed by atoms with Crippen LogP contribution in [0, 0.1) is 12.8 Å². The van der Waals surface area contributed by atoms with Crippen LogP contribution in [0.3, 0.4) is 0 Å². The van der Waals surface area contributed by atoms with E-state index < -0.39 is 0 Å². The van der Waals surface area contributed by atoms with Gasteiger partial charge in [0, 0.05) is 12.6 Å². The van der Waals surface area contributed by atoms with Gasteiger partial charge < -0.3 is 4.74 Å². The lowest BCUT2D eigenvalue weighted by Crippen LogP contribution is -2.37. The Kier molecular flexibility index (Phi) is 4.81. The summed E-state index contributed by atoms with van der Waals surface area (Å²) in [6.45, 7) is 7.83. The Morgan fingerprint density at radius 2 is 2.10 bits per heavy atom. The number of Topliss-reactive ketones (excluding diaryl/α,β-unsaturated/α-hetero) is 1. The van der Waals surface area contributed by atoms with Gasteiger partial charge in [0.15, 0.2) is 5.78 Å². The molecule has 1 fully saturated rings. The zero-order valence-electron chi connectivity index (χ0n) is 13.0. The monoisotopic (exact) mass is 275 g/mol. The van der Waals surface area contributed by atoms with E-state index in [0.29, 0.717) is 23.9 Å².